The SMILES string of the molecule is CC(C)NC(C#N)CCN(C)CC1CCCOC1. The smallest absolute Gasteiger partial charge is 0.0967 e. The summed E-state index contributed by atoms with van der Waals surface area (Å²) in [5, 5.41) is 12.3. The molecule has 4 heteroatoms. The molecule has 2 unspecified atom stereocenters. The molecule has 0 radical (unpaired) electrons. The molecule has 2 atom stereocenters. The third-order valence-corrected chi connectivity index (χ3v) is 3.31. The Kier molecular flexibility index (Phi) is 7.26. The Bertz CT molecular complexity index is 256. The van der Waals surface area contributed by atoms with Gasteiger partial charge in [-0.05, 0) is 46.1 Å². The topological polar surface area (TPSA) is 48.3 Å². The molecule has 0 spiro atoms. The van der Waals surface area contributed by atoms with E-state index in [0.29, 0.717) is 12.0 Å². The minimum Gasteiger partial charge on any atom is -0.381 e. The van der Waals surface area contributed by atoms with Gasteiger partial charge in [-0.2, -0.15) is 5.26 Å². The van der Waals surface area contributed by atoms with Gasteiger partial charge in [0.1, 0.15) is 0 Å². The second kappa shape index (κ2) is 8.47. The first-order valence-electron chi connectivity index (χ1n) is 7.03. The lowest BCUT2D eigenvalue weighted by Crippen LogP contribution is -2.38. The minimum absolute atomic E-state index is 0.0324. The average Bonchev–Trinajstić information content (AvgIpc) is 2.35. The lowest BCUT2D eigenvalue weighted by molar-refractivity contribution is 0.0418. The van der Waals surface area contributed by atoms with Crippen molar-refractivity contribution in [3.63, 3.8) is 0 Å². The molecule has 0 aromatic rings. The van der Waals surface area contributed by atoms with E-state index in [1.807, 2.05) is 0 Å². The first-order valence-corrected chi connectivity index (χ1v) is 7.03. The van der Waals surface area contributed by atoms with E-state index in [-0.39, 0.29) is 6.04 Å². The van der Waals surface area contributed by atoms with Crippen LogP contribution in [0.1, 0.15) is 33.1 Å². The molecule has 1 heterocycles. The van der Waals surface area contributed by atoms with E-state index >= 15 is 0 Å². The maximum atomic E-state index is 9.06. The fourth-order valence-electron chi connectivity index (χ4n) is 2.42. The van der Waals surface area contributed by atoms with Crippen LogP contribution in [-0.4, -0.2) is 50.3 Å². The van der Waals surface area contributed by atoms with E-state index in [9.17, 15) is 0 Å². The van der Waals surface area contributed by atoms with Gasteiger partial charge in [0.15, 0.2) is 0 Å². The second-order valence-corrected chi connectivity index (χ2v) is 5.64. The molecule has 1 rings (SSSR count). The van der Waals surface area contributed by atoms with Crippen LogP contribution < -0.4 is 5.32 Å². The van der Waals surface area contributed by atoms with Crippen molar-refractivity contribution in [2.75, 3.05) is 33.4 Å². The number of hydrogen-bond donors (Lipinski definition) is 1. The fraction of sp³-hybridized carbons (Fsp3) is 0.929. The van der Waals surface area contributed by atoms with Gasteiger partial charge in [0.25, 0.3) is 0 Å². The summed E-state index contributed by atoms with van der Waals surface area (Å²) >= 11 is 0. The van der Waals surface area contributed by atoms with Crippen LogP contribution in [0.15, 0.2) is 0 Å². The molecule has 0 aromatic heterocycles. The first kappa shape index (κ1) is 15.4. The highest BCUT2D eigenvalue weighted by molar-refractivity contribution is 4.91. The molecule has 1 N–H and O–H groups in total. The first-order chi connectivity index (χ1) is 8.61. The van der Waals surface area contributed by atoms with Gasteiger partial charge in [0, 0.05) is 25.7 Å². The highest BCUT2D eigenvalue weighted by Crippen LogP contribution is 2.14. The molecule has 1 aliphatic rings. The van der Waals surface area contributed by atoms with E-state index in [2.05, 4.69) is 37.2 Å². The van der Waals surface area contributed by atoms with Gasteiger partial charge in [-0.25, -0.2) is 0 Å². The summed E-state index contributed by atoms with van der Waals surface area (Å²) in [6.45, 7) is 8.03. The number of nitriles is 1. The molecule has 0 amide bonds. The van der Waals surface area contributed by atoms with Crippen molar-refractivity contribution >= 4 is 0 Å². The van der Waals surface area contributed by atoms with E-state index in [1.165, 1.54) is 12.8 Å². The molecule has 18 heavy (non-hydrogen) atoms. The van der Waals surface area contributed by atoms with Crippen LogP contribution >= 0.6 is 0 Å². The van der Waals surface area contributed by atoms with Crippen LogP contribution in [0.4, 0.5) is 0 Å². The predicted molar refractivity (Wildman–Crippen MR) is 73.3 cm³/mol. The molecule has 0 bridgehead atoms. The normalized spacial score (nSPS) is 22.1. The summed E-state index contributed by atoms with van der Waals surface area (Å²) in [7, 11) is 2.14. The van der Waals surface area contributed by atoms with Gasteiger partial charge < -0.3 is 9.64 Å². The minimum atomic E-state index is -0.0324. The van der Waals surface area contributed by atoms with Crippen LogP contribution in [0.5, 0.6) is 0 Å². The van der Waals surface area contributed by atoms with Crippen LogP contribution in [0, 0.1) is 17.2 Å². The molecule has 0 aliphatic carbocycles. The quantitative estimate of drug-likeness (QED) is 0.749. The van der Waals surface area contributed by atoms with Crippen LogP contribution in [0.2, 0.25) is 0 Å². The Morgan fingerprint density at radius 3 is 2.83 bits per heavy atom. The van der Waals surface area contributed by atoms with Crippen molar-refractivity contribution in [2.24, 2.45) is 5.92 Å². The molecule has 104 valence electrons. The third kappa shape index (κ3) is 6.34. The zero-order chi connectivity index (χ0) is 13.4. The van der Waals surface area contributed by atoms with Crippen molar-refractivity contribution in [2.45, 2.75) is 45.2 Å². The maximum Gasteiger partial charge on any atom is 0.0967 e. The van der Waals surface area contributed by atoms with Crippen LogP contribution in [0.3, 0.4) is 0 Å². The number of nitrogens with one attached hydrogen (secondary N) is 1. The highest BCUT2D eigenvalue weighted by atomic mass is 16.5. The van der Waals surface area contributed by atoms with Gasteiger partial charge in [-0.3, -0.25) is 5.32 Å². The number of hydrogen-bond acceptors (Lipinski definition) is 4. The standard InChI is InChI=1S/C14H27N3O/c1-12(2)16-14(9-15)6-7-17(3)10-13-5-4-8-18-11-13/h12-14,16H,4-8,10-11H2,1-3H3. The van der Waals surface area contributed by atoms with E-state index in [4.69, 9.17) is 10.00 Å². The zero-order valence-corrected chi connectivity index (χ0v) is 12.0. The Morgan fingerprint density at radius 1 is 1.50 bits per heavy atom. The molecular formula is C14H27N3O. The van der Waals surface area contributed by atoms with Gasteiger partial charge in [-0.1, -0.05) is 0 Å². The van der Waals surface area contributed by atoms with Crippen LogP contribution in [0.25, 0.3) is 0 Å². The van der Waals surface area contributed by atoms with E-state index in [0.717, 1.165) is 32.7 Å². The highest BCUT2D eigenvalue weighted by Gasteiger charge is 2.16. The van der Waals surface area contributed by atoms with Gasteiger partial charge in [-0.15, -0.1) is 0 Å². The van der Waals surface area contributed by atoms with Crippen molar-refractivity contribution in [1.29, 1.82) is 5.26 Å². The Morgan fingerprint density at radius 2 is 2.28 bits per heavy atom. The van der Waals surface area contributed by atoms with E-state index in [1.54, 1.807) is 0 Å². The lowest BCUT2D eigenvalue weighted by Gasteiger charge is -2.27. The maximum absolute atomic E-state index is 9.06. The Balaban J connectivity index is 2.18. The Labute approximate surface area is 111 Å². The number of ether oxygens (including phenoxy) is 1. The molecule has 1 aliphatic heterocycles. The van der Waals surface area contributed by atoms with Gasteiger partial charge in [0.2, 0.25) is 0 Å². The van der Waals surface area contributed by atoms with Crippen molar-refractivity contribution in [3.05, 3.63) is 0 Å². The summed E-state index contributed by atoms with van der Waals surface area (Å²) < 4.78 is 5.49. The predicted octanol–water partition coefficient (Wildman–Crippen LogP) is 1.63. The summed E-state index contributed by atoms with van der Waals surface area (Å²) in [4.78, 5) is 2.33. The fourth-order valence-corrected chi connectivity index (χ4v) is 2.42. The Hall–Kier alpha value is -0.630. The summed E-state index contributed by atoms with van der Waals surface area (Å²) in [6, 6.07) is 2.66. The average molecular weight is 253 g/mol. The van der Waals surface area contributed by atoms with Crippen LogP contribution in [-0.2, 0) is 4.74 Å². The van der Waals surface area contributed by atoms with Crippen molar-refractivity contribution < 1.29 is 4.74 Å². The molecular weight excluding hydrogens is 226 g/mol. The monoisotopic (exact) mass is 253 g/mol. The largest absolute Gasteiger partial charge is 0.381 e. The lowest BCUT2D eigenvalue weighted by atomic mass is 10.0. The summed E-state index contributed by atoms with van der Waals surface area (Å²) in [5.41, 5.74) is 0. The number of nitrogens with zero attached hydrogens (tertiary/aromatic N) is 2. The van der Waals surface area contributed by atoms with Gasteiger partial charge in [0.05, 0.1) is 18.7 Å². The third-order valence-electron chi connectivity index (χ3n) is 3.31. The molecule has 0 saturated carbocycles. The summed E-state index contributed by atoms with van der Waals surface area (Å²) in [6.07, 6.45) is 3.35. The molecule has 0 aromatic carbocycles. The van der Waals surface area contributed by atoms with E-state index < -0.39 is 0 Å². The van der Waals surface area contributed by atoms with Crippen molar-refractivity contribution in [3.8, 4) is 6.07 Å². The summed E-state index contributed by atoms with van der Waals surface area (Å²) in [5.74, 6) is 0.669. The van der Waals surface area contributed by atoms with Crippen molar-refractivity contribution in [1.82, 2.24) is 10.2 Å². The van der Waals surface area contributed by atoms with Gasteiger partial charge >= 0.3 is 0 Å². The molecule has 4 nitrogen and oxygen atoms in total. The molecule has 1 fully saturated rings. The zero-order valence-electron chi connectivity index (χ0n) is 12.0. The molecule has 1 saturated heterocycles. The second-order valence-electron chi connectivity index (χ2n) is 5.64. The number of rotatable bonds is 7.